The smallest absolute Gasteiger partial charge is 0.243 e. The first-order chi connectivity index (χ1) is 14.9. The van der Waals surface area contributed by atoms with Crippen LogP contribution in [0.4, 0.5) is 5.69 Å². The summed E-state index contributed by atoms with van der Waals surface area (Å²) >= 11 is 0. The van der Waals surface area contributed by atoms with E-state index in [4.69, 9.17) is 0 Å². The molecule has 0 saturated carbocycles. The van der Waals surface area contributed by atoms with Crippen molar-refractivity contribution in [1.29, 1.82) is 0 Å². The number of hydrogen-bond acceptors (Lipinski definition) is 5. The Bertz CT molecular complexity index is 937. The van der Waals surface area contributed by atoms with Gasteiger partial charge in [-0.3, -0.25) is 14.5 Å². The van der Waals surface area contributed by atoms with Crippen LogP contribution in [-0.2, 0) is 26.0 Å². The molecule has 3 aliphatic rings. The van der Waals surface area contributed by atoms with Gasteiger partial charge in [0.25, 0.3) is 0 Å². The van der Waals surface area contributed by atoms with Gasteiger partial charge in [-0.1, -0.05) is 6.42 Å². The third-order valence-corrected chi connectivity index (χ3v) is 8.45. The van der Waals surface area contributed by atoms with E-state index in [-0.39, 0.29) is 16.7 Å². The summed E-state index contributed by atoms with van der Waals surface area (Å²) < 4.78 is 27.6. The maximum atomic E-state index is 13.0. The first-order valence-electron chi connectivity index (χ1n) is 11.3. The third kappa shape index (κ3) is 4.63. The summed E-state index contributed by atoms with van der Waals surface area (Å²) in [5, 5.41) is 2.97. The highest BCUT2D eigenvalue weighted by Gasteiger charge is 2.38. The second-order valence-electron chi connectivity index (χ2n) is 8.70. The molecule has 2 fully saturated rings. The van der Waals surface area contributed by atoms with Crippen LogP contribution >= 0.6 is 0 Å². The Morgan fingerprint density at radius 1 is 1.03 bits per heavy atom. The fraction of sp³-hybridized carbons (Fsp3) is 0.636. The minimum Gasteiger partial charge on any atom is -0.353 e. The summed E-state index contributed by atoms with van der Waals surface area (Å²) in [6.07, 6.45) is 5.54. The Kier molecular flexibility index (Phi) is 6.64. The number of fused-ring (bicyclic) bond motifs is 1. The Hall–Kier alpha value is -1.97. The standard InChI is InChI=1S/C22H32N4O4S/c1-17(27)26-20-8-7-19(31(29,30)25-12-3-2-4-13-25)15-18(20)16-21(26)22(28)23-9-14-24-10-5-6-11-24/h7-8,15,21H,2-6,9-14,16H2,1H3,(H,23,28)/t21-/m1/s1. The molecule has 31 heavy (non-hydrogen) atoms. The molecule has 3 aliphatic heterocycles. The summed E-state index contributed by atoms with van der Waals surface area (Å²) in [6.45, 7) is 6.02. The second-order valence-corrected chi connectivity index (χ2v) is 10.6. The molecule has 0 aliphatic carbocycles. The predicted molar refractivity (Wildman–Crippen MR) is 118 cm³/mol. The summed E-state index contributed by atoms with van der Waals surface area (Å²) in [6, 6.07) is 4.24. The quantitative estimate of drug-likeness (QED) is 0.710. The number of rotatable bonds is 6. The molecule has 4 rings (SSSR count). The van der Waals surface area contributed by atoms with Crippen LogP contribution in [0.5, 0.6) is 0 Å². The first kappa shape index (κ1) is 22.2. The number of nitrogens with one attached hydrogen (secondary N) is 1. The second kappa shape index (κ2) is 9.26. The molecule has 2 amide bonds. The summed E-state index contributed by atoms with van der Waals surface area (Å²) in [7, 11) is -3.56. The van der Waals surface area contributed by atoms with Crippen molar-refractivity contribution in [1.82, 2.24) is 14.5 Å². The summed E-state index contributed by atoms with van der Waals surface area (Å²) in [5.74, 6) is -0.406. The van der Waals surface area contributed by atoms with E-state index in [9.17, 15) is 18.0 Å². The number of carbonyl (C=O) groups excluding carboxylic acids is 2. The van der Waals surface area contributed by atoms with Crippen LogP contribution in [0.25, 0.3) is 0 Å². The van der Waals surface area contributed by atoms with Crippen LogP contribution in [0.15, 0.2) is 23.1 Å². The van der Waals surface area contributed by atoms with E-state index in [2.05, 4.69) is 10.2 Å². The van der Waals surface area contributed by atoms with Gasteiger partial charge in [-0.15, -0.1) is 0 Å². The van der Waals surface area contributed by atoms with Crippen LogP contribution < -0.4 is 10.2 Å². The molecule has 3 heterocycles. The van der Waals surface area contributed by atoms with Crippen molar-refractivity contribution in [2.24, 2.45) is 0 Å². The lowest BCUT2D eigenvalue weighted by atomic mass is 10.1. The van der Waals surface area contributed by atoms with Gasteiger partial charge in [-0.05, 0) is 62.5 Å². The zero-order valence-corrected chi connectivity index (χ0v) is 19.0. The minimum absolute atomic E-state index is 0.189. The van der Waals surface area contributed by atoms with E-state index in [1.54, 1.807) is 22.5 Å². The van der Waals surface area contributed by atoms with Crippen molar-refractivity contribution in [3.05, 3.63) is 23.8 Å². The molecule has 0 radical (unpaired) electrons. The first-order valence-corrected chi connectivity index (χ1v) is 12.7. The highest BCUT2D eigenvalue weighted by molar-refractivity contribution is 7.89. The minimum atomic E-state index is -3.56. The number of piperidine rings is 1. The molecule has 8 nitrogen and oxygen atoms in total. The van der Waals surface area contributed by atoms with E-state index >= 15 is 0 Å². The van der Waals surface area contributed by atoms with Crippen molar-refractivity contribution >= 4 is 27.5 Å². The lowest BCUT2D eigenvalue weighted by Gasteiger charge is -2.26. The van der Waals surface area contributed by atoms with Crippen molar-refractivity contribution in [3.63, 3.8) is 0 Å². The van der Waals surface area contributed by atoms with Crippen LogP contribution in [-0.4, -0.2) is 74.7 Å². The number of amides is 2. The maximum Gasteiger partial charge on any atom is 0.243 e. The molecule has 9 heteroatoms. The van der Waals surface area contributed by atoms with Crippen molar-refractivity contribution in [2.75, 3.05) is 44.2 Å². The van der Waals surface area contributed by atoms with Crippen LogP contribution in [0.1, 0.15) is 44.6 Å². The Balaban J connectivity index is 1.48. The maximum absolute atomic E-state index is 13.0. The molecule has 0 spiro atoms. The van der Waals surface area contributed by atoms with Gasteiger partial charge in [0.15, 0.2) is 0 Å². The van der Waals surface area contributed by atoms with Crippen molar-refractivity contribution in [2.45, 2.75) is 56.4 Å². The van der Waals surface area contributed by atoms with Gasteiger partial charge >= 0.3 is 0 Å². The topological polar surface area (TPSA) is 90.0 Å². The third-order valence-electron chi connectivity index (χ3n) is 6.56. The highest BCUT2D eigenvalue weighted by atomic mass is 32.2. The molecule has 1 atom stereocenters. The largest absolute Gasteiger partial charge is 0.353 e. The van der Waals surface area contributed by atoms with Gasteiger partial charge in [0.2, 0.25) is 21.8 Å². The van der Waals surface area contributed by atoms with Crippen molar-refractivity contribution in [3.8, 4) is 0 Å². The number of sulfonamides is 1. The van der Waals surface area contributed by atoms with Gasteiger partial charge in [0, 0.05) is 45.2 Å². The van der Waals surface area contributed by atoms with Gasteiger partial charge < -0.3 is 10.2 Å². The molecular formula is C22H32N4O4S. The van der Waals surface area contributed by atoms with E-state index in [1.165, 1.54) is 24.7 Å². The van der Waals surface area contributed by atoms with Crippen molar-refractivity contribution < 1.29 is 18.0 Å². The van der Waals surface area contributed by atoms with Gasteiger partial charge in [-0.25, -0.2) is 8.42 Å². The van der Waals surface area contributed by atoms with E-state index in [0.717, 1.165) is 44.5 Å². The molecule has 1 aromatic carbocycles. The molecule has 1 aromatic rings. The molecular weight excluding hydrogens is 416 g/mol. The van der Waals surface area contributed by atoms with Crippen LogP contribution in [0, 0.1) is 0 Å². The highest BCUT2D eigenvalue weighted by Crippen LogP contribution is 2.35. The average molecular weight is 449 g/mol. The number of hydrogen-bond donors (Lipinski definition) is 1. The SMILES string of the molecule is CC(=O)N1c2ccc(S(=O)(=O)N3CCCCC3)cc2C[C@@H]1C(=O)NCCN1CCCC1. The number of nitrogens with zero attached hydrogens (tertiary/aromatic N) is 3. The Labute approximate surface area is 184 Å². The number of likely N-dealkylation sites (tertiary alicyclic amines) is 1. The fourth-order valence-electron chi connectivity index (χ4n) is 4.90. The van der Waals surface area contributed by atoms with Gasteiger partial charge in [0.1, 0.15) is 6.04 Å². The molecule has 2 saturated heterocycles. The molecule has 0 unspecified atom stereocenters. The zero-order chi connectivity index (χ0) is 22.0. The van der Waals surface area contributed by atoms with E-state index < -0.39 is 16.1 Å². The number of carbonyl (C=O) groups is 2. The van der Waals surface area contributed by atoms with Gasteiger partial charge in [-0.2, -0.15) is 4.31 Å². The Morgan fingerprint density at radius 3 is 2.39 bits per heavy atom. The molecule has 1 N–H and O–H groups in total. The van der Waals surface area contributed by atoms with Crippen LogP contribution in [0.2, 0.25) is 0 Å². The monoisotopic (exact) mass is 448 g/mol. The average Bonchev–Trinajstić information content (AvgIpc) is 3.41. The van der Waals surface area contributed by atoms with E-state index in [1.807, 2.05) is 0 Å². The van der Waals surface area contributed by atoms with Gasteiger partial charge in [0.05, 0.1) is 4.90 Å². The van der Waals surface area contributed by atoms with Crippen LogP contribution in [0.3, 0.4) is 0 Å². The Morgan fingerprint density at radius 2 is 1.71 bits per heavy atom. The van der Waals surface area contributed by atoms with E-state index in [0.29, 0.717) is 31.7 Å². The molecule has 170 valence electrons. The lowest BCUT2D eigenvalue weighted by molar-refractivity contribution is -0.125. The predicted octanol–water partition coefficient (Wildman–Crippen LogP) is 1.35. The molecule has 0 bridgehead atoms. The fourth-order valence-corrected chi connectivity index (χ4v) is 6.47. The summed E-state index contributed by atoms with van der Waals surface area (Å²) in [5.41, 5.74) is 1.36. The summed E-state index contributed by atoms with van der Waals surface area (Å²) in [4.78, 5) is 29.3. The normalized spacial score (nSPS) is 22.5. The number of anilines is 1. The lowest BCUT2D eigenvalue weighted by Crippen LogP contribution is -2.48. The number of benzene rings is 1. The molecule has 0 aromatic heterocycles. The zero-order valence-electron chi connectivity index (χ0n) is 18.2.